The third-order valence-electron chi connectivity index (χ3n) is 0.948. The predicted molar refractivity (Wildman–Crippen MR) is 41.2 cm³/mol. The minimum Gasteiger partial charge on any atom is -0.370 e. The molecule has 0 unspecified atom stereocenters. The normalized spacial score (nSPS) is 10.6. The van der Waals surface area contributed by atoms with Gasteiger partial charge in [-0.05, 0) is 0 Å². The highest BCUT2D eigenvalue weighted by Gasteiger charge is 2.08. The van der Waals surface area contributed by atoms with Crippen molar-refractivity contribution in [3.8, 4) is 6.07 Å². The summed E-state index contributed by atoms with van der Waals surface area (Å²) in [4.78, 5) is 10.2. The van der Waals surface area contributed by atoms with Crippen LogP contribution in [0.1, 0.15) is 6.42 Å². The number of carbonyl (C=O) groups is 1. The summed E-state index contributed by atoms with van der Waals surface area (Å²) in [5.74, 6) is -1.19. The quantitative estimate of drug-likeness (QED) is 0.539. The van der Waals surface area contributed by atoms with Crippen LogP contribution in [-0.2, 0) is 14.8 Å². The largest absolute Gasteiger partial charge is 0.370 e. The molecule has 0 rings (SSSR count). The Morgan fingerprint density at radius 1 is 1.58 bits per heavy atom. The summed E-state index contributed by atoms with van der Waals surface area (Å²) in [5, 5.41) is 8.05. The van der Waals surface area contributed by atoms with Crippen molar-refractivity contribution in [2.75, 3.05) is 12.3 Å². The molecule has 0 aromatic rings. The Hall–Kier alpha value is -1.13. The Kier molecular flexibility index (Phi) is 4.25. The van der Waals surface area contributed by atoms with Crippen LogP contribution in [-0.4, -0.2) is 26.6 Å². The van der Waals surface area contributed by atoms with Crippen molar-refractivity contribution in [3.05, 3.63) is 0 Å². The number of carbonyl (C=O) groups excluding carboxylic acids is 1. The van der Waals surface area contributed by atoms with E-state index in [1.165, 1.54) is 6.07 Å². The molecule has 0 atom stereocenters. The number of primary amides is 1. The van der Waals surface area contributed by atoms with E-state index >= 15 is 0 Å². The molecule has 7 heteroatoms. The van der Waals surface area contributed by atoms with E-state index in [1.54, 1.807) is 0 Å². The zero-order valence-corrected chi connectivity index (χ0v) is 7.10. The van der Waals surface area contributed by atoms with Crippen LogP contribution in [0.15, 0.2) is 0 Å². The lowest BCUT2D eigenvalue weighted by atomic mass is 10.4. The van der Waals surface area contributed by atoms with Crippen molar-refractivity contribution in [2.45, 2.75) is 6.42 Å². The summed E-state index contributed by atoms with van der Waals surface area (Å²) in [6.45, 7) is -0.0562. The predicted octanol–water partition coefficient (Wildman–Crippen LogP) is -1.70. The highest BCUT2D eigenvalue weighted by atomic mass is 32.2. The first kappa shape index (κ1) is 10.9. The van der Waals surface area contributed by atoms with Crippen molar-refractivity contribution in [3.63, 3.8) is 0 Å². The van der Waals surface area contributed by atoms with Crippen LogP contribution in [0.2, 0.25) is 0 Å². The van der Waals surface area contributed by atoms with Gasteiger partial charge < -0.3 is 5.73 Å². The molecular weight excluding hydrogens is 182 g/mol. The van der Waals surface area contributed by atoms with Crippen molar-refractivity contribution >= 4 is 15.9 Å². The fourth-order valence-corrected chi connectivity index (χ4v) is 1.15. The van der Waals surface area contributed by atoms with Crippen molar-refractivity contribution in [1.29, 1.82) is 5.26 Å². The number of nitrogens with zero attached hydrogens (tertiary/aromatic N) is 1. The van der Waals surface area contributed by atoms with E-state index in [0.29, 0.717) is 0 Å². The maximum Gasteiger partial charge on any atom is 0.225 e. The third-order valence-corrected chi connectivity index (χ3v) is 2.10. The van der Waals surface area contributed by atoms with Gasteiger partial charge in [-0.25, -0.2) is 13.1 Å². The van der Waals surface area contributed by atoms with Gasteiger partial charge in [-0.2, -0.15) is 5.26 Å². The number of amides is 1. The smallest absolute Gasteiger partial charge is 0.225 e. The second-order valence-corrected chi connectivity index (χ2v) is 3.83. The van der Waals surface area contributed by atoms with Gasteiger partial charge in [-0.15, -0.1) is 0 Å². The van der Waals surface area contributed by atoms with E-state index in [2.05, 4.69) is 0 Å². The summed E-state index contributed by atoms with van der Waals surface area (Å²) in [6.07, 6.45) is -0.0648. The van der Waals surface area contributed by atoms with Gasteiger partial charge in [0.25, 0.3) is 0 Å². The lowest BCUT2D eigenvalue weighted by molar-refractivity contribution is -0.117. The summed E-state index contributed by atoms with van der Waals surface area (Å²) in [6, 6.07) is 1.48. The summed E-state index contributed by atoms with van der Waals surface area (Å²) < 4.78 is 23.5. The molecule has 6 nitrogen and oxygen atoms in total. The van der Waals surface area contributed by atoms with Crippen LogP contribution in [0, 0.1) is 11.3 Å². The minimum absolute atomic E-state index is 0.0562. The van der Waals surface area contributed by atoms with Crippen molar-refractivity contribution < 1.29 is 13.2 Å². The van der Waals surface area contributed by atoms with Crippen molar-refractivity contribution in [2.24, 2.45) is 5.73 Å². The minimum atomic E-state index is -3.55. The van der Waals surface area contributed by atoms with Gasteiger partial charge in [0.1, 0.15) is 0 Å². The van der Waals surface area contributed by atoms with Crippen LogP contribution >= 0.6 is 0 Å². The van der Waals surface area contributed by atoms with Crippen LogP contribution in [0.5, 0.6) is 0 Å². The Morgan fingerprint density at radius 3 is 2.58 bits per heavy atom. The Labute approximate surface area is 70.4 Å². The molecule has 0 aliphatic carbocycles. The molecule has 0 aromatic carbocycles. The molecule has 3 N–H and O–H groups in total. The first-order valence-electron chi connectivity index (χ1n) is 3.10. The lowest BCUT2D eigenvalue weighted by Crippen LogP contribution is -2.29. The Morgan fingerprint density at radius 2 is 2.17 bits per heavy atom. The molecule has 0 fully saturated rings. The van der Waals surface area contributed by atoms with Gasteiger partial charge in [-0.1, -0.05) is 0 Å². The number of nitrogens with one attached hydrogen (secondary N) is 1. The number of nitriles is 1. The average Bonchev–Trinajstić information content (AvgIpc) is 1.85. The number of hydrogen-bond donors (Lipinski definition) is 2. The van der Waals surface area contributed by atoms with Gasteiger partial charge in [0.15, 0.2) is 5.75 Å². The van der Waals surface area contributed by atoms with Crippen LogP contribution in [0.3, 0.4) is 0 Å². The maximum atomic E-state index is 10.7. The monoisotopic (exact) mass is 191 g/mol. The molecule has 68 valence electrons. The van der Waals surface area contributed by atoms with Gasteiger partial charge in [0.2, 0.25) is 15.9 Å². The molecule has 0 saturated carbocycles. The first-order valence-corrected chi connectivity index (χ1v) is 4.76. The highest BCUT2D eigenvalue weighted by molar-refractivity contribution is 7.89. The second-order valence-electron chi connectivity index (χ2n) is 2.03. The fourth-order valence-electron chi connectivity index (χ4n) is 0.466. The summed E-state index contributed by atoms with van der Waals surface area (Å²) in [5.41, 5.74) is 4.76. The average molecular weight is 191 g/mol. The molecule has 0 aliphatic rings. The molecular formula is C5H9N3O3S. The second kappa shape index (κ2) is 4.69. The highest BCUT2D eigenvalue weighted by Crippen LogP contribution is 1.82. The lowest BCUT2D eigenvalue weighted by Gasteiger charge is -1.99. The standard InChI is InChI=1S/C5H9N3O3S/c6-2-4-12(10,11)8-3-1-5(7)9/h8H,1,3-4H2,(H2,7,9). The molecule has 0 aromatic heterocycles. The van der Waals surface area contributed by atoms with E-state index < -0.39 is 21.7 Å². The Bertz CT molecular complexity index is 290. The molecule has 12 heavy (non-hydrogen) atoms. The zero-order valence-electron chi connectivity index (χ0n) is 6.28. The fraction of sp³-hybridized carbons (Fsp3) is 0.600. The van der Waals surface area contributed by atoms with Gasteiger partial charge >= 0.3 is 0 Å². The summed E-state index contributed by atoms with van der Waals surface area (Å²) >= 11 is 0. The molecule has 0 aliphatic heterocycles. The van der Waals surface area contributed by atoms with Crippen molar-refractivity contribution in [1.82, 2.24) is 4.72 Å². The number of hydrogen-bond acceptors (Lipinski definition) is 4. The topological polar surface area (TPSA) is 113 Å². The van der Waals surface area contributed by atoms with Crippen LogP contribution in [0.4, 0.5) is 0 Å². The molecule has 1 amide bonds. The number of rotatable bonds is 5. The van der Waals surface area contributed by atoms with E-state index in [4.69, 9.17) is 11.0 Å². The molecule has 0 radical (unpaired) electrons. The molecule has 0 bridgehead atoms. The van der Waals surface area contributed by atoms with E-state index in [1.807, 2.05) is 4.72 Å². The van der Waals surface area contributed by atoms with Crippen LogP contribution < -0.4 is 10.5 Å². The van der Waals surface area contributed by atoms with Crippen LogP contribution in [0.25, 0.3) is 0 Å². The van der Waals surface area contributed by atoms with E-state index in [0.717, 1.165) is 0 Å². The van der Waals surface area contributed by atoms with Gasteiger partial charge in [0.05, 0.1) is 6.07 Å². The Balaban J connectivity index is 3.79. The first-order chi connectivity index (χ1) is 5.48. The van der Waals surface area contributed by atoms with Gasteiger partial charge in [0, 0.05) is 13.0 Å². The zero-order chi connectivity index (χ0) is 9.61. The maximum absolute atomic E-state index is 10.7. The third kappa shape index (κ3) is 5.64. The SMILES string of the molecule is N#CCS(=O)(=O)NCCC(N)=O. The summed E-state index contributed by atoms with van der Waals surface area (Å²) in [7, 11) is -3.55. The molecule has 0 saturated heterocycles. The molecule has 0 spiro atoms. The number of nitrogens with two attached hydrogens (primary N) is 1. The number of sulfonamides is 1. The van der Waals surface area contributed by atoms with E-state index in [9.17, 15) is 13.2 Å². The van der Waals surface area contributed by atoms with Gasteiger partial charge in [-0.3, -0.25) is 4.79 Å². The van der Waals surface area contributed by atoms with E-state index in [-0.39, 0.29) is 13.0 Å². The molecule has 0 heterocycles.